The number of nitrogens with one attached hydrogen (secondary N) is 2. The number of piperidine rings is 1. The topological polar surface area (TPSA) is 62.3 Å². The number of thiocarbonyl (C=S) groups is 1. The molecule has 0 spiro atoms. The fourth-order valence-corrected chi connectivity index (χ4v) is 2.74. The van der Waals surface area contributed by atoms with Crippen LogP contribution in [0.15, 0.2) is 6.07 Å². The van der Waals surface area contributed by atoms with E-state index < -0.39 is 0 Å². The van der Waals surface area contributed by atoms with Crippen LogP contribution in [0.1, 0.15) is 39.5 Å². The van der Waals surface area contributed by atoms with Crippen LogP contribution in [0.3, 0.4) is 0 Å². The Morgan fingerprint density at radius 2 is 2.27 bits per heavy atom. The average Bonchev–Trinajstić information content (AvgIpc) is 2.53. The van der Waals surface area contributed by atoms with Gasteiger partial charge in [0.25, 0.3) is 0 Å². The molecular weight excluding hydrogens is 298 g/mol. The van der Waals surface area contributed by atoms with Gasteiger partial charge in [-0.3, -0.25) is 0 Å². The Morgan fingerprint density at radius 3 is 2.95 bits per heavy atom. The zero-order chi connectivity index (χ0) is 15.9. The lowest BCUT2D eigenvalue weighted by Gasteiger charge is -2.34. The Balaban J connectivity index is 2.16. The molecule has 1 aliphatic rings. The number of aromatic nitrogens is 2. The molecule has 1 aromatic heterocycles. The predicted octanol–water partition coefficient (Wildman–Crippen LogP) is 2.56. The maximum absolute atomic E-state index is 5.30. The lowest BCUT2D eigenvalue weighted by atomic mass is 10.0. The van der Waals surface area contributed by atoms with Gasteiger partial charge < -0.3 is 20.3 Å². The first kappa shape index (κ1) is 16.7. The molecule has 0 radical (unpaired) electrons. The second-order valence-corrected chi connectivity index (χ2v) is 5.92. The van der Waals surface area contributed by atoms with E-state index in [0.717, 1.165) is 25.3 Å². The summed E-state index contributed by atoms with van der Waals surface area (Å²) in [6.07, 6.45) is 4.66. The van der Waals surface area contributed by atoms with Gasteiger partial charge in [0.2, 0.25) is 11.8 Å². The summed E-state index contributed by atoms with van der Waals surface area (Å²) in [4.78, 5) is 11.2. The van der Waals surface area contributed by atoms with E-state index in [1.807, 2.05) is 6.07 Å². The van der Waals surface area contributed by atoms with Crippen LogP contribution >= 0.6 is 12.2 Å². The molecule has 1 atom stereocenters. The van der Waals surface area contributed by atoms with Gasteiger partial charge in [-0.05, 0) is 44.8 Å². The van der Waals surface area contributed by atoms with Crippen molar-refractivity contribution in [1.82, 2.24) is 15.3 Å². The third-order valence-corrected chi connectivity index (χ3v) is 4.00. The van der Waals surface area contributed by atoms with Crippen LogP contribution in [-0.2, 0) is 0 Å². The van der Waals surface area contributed by atoms with Crippen molar-refractivity contribution in [2.24, 2.45) is 0 Å². The fraction of sp³-hybridized carbons (Fsp3) is 0.667. The second-order valence-electron chi connectivity index (χ2n) is 5.51. The molecule has 2 heterocycles. The summed E-state index contributed by atoms with van der Waals surface area (Å²) in [5.74, 6) is 1.91. The van der Waals surface area contributed by atoms with Crippen molar-refractivity contribution in [2.75, 3.05) is 30.4 Å². The first-order valence-corrected chi connectivity index (χ1v) is 8.29. The minimum absolute atomic E-state index is 0.473. The summed E-state index contributed by atoms with van der Waals surface area (Å²) in [5.41, 5.74) is 0. The highest BCUT2D eigenvalue weighted by Crippen LogP contribution is 2.26. The Kier molecular flexibility index (Phi) is 6.18. The van der Waals surface area contributed by atoms with E-state index in [9.17, 15) is 0 Å². The normalized spacial score (nSPS) is 18.0. The van der Waals surface area contributed by atoms with Gasteiger partial charge in [0, 0.05) is 25.2 Å². The number of methoxy groups -OCH3 is 1. The van der Waals surface area contributed by atoms with E-state index in [2.05, 4.69) is 39.3 Å². The van der Waals surface area contributed by atoms with Gasteiger partial charge in [-0.1, -0.05) is 6.92 Å². The summed E-state index contributed by atoms with van der Waals surface area (Å²) in [6.45, 7) is 6.16. The average molecular weight is 323 g/mol. The molecule has 0 aromatic carbocycles. The molecule has 0 saturated carbocycles. The van der Waals surface area contributed by atoms with Gasteiger partial charge in [-0.25, -0.2) is 0 Å². The number of ether oxygens (including phenoxy) is 1. The molecule has 1 aromatic rings. The Morgan fingerprint density at radius 1 is 1.45 bits per heavy atom. The van der Waals surface area contributed by atoms with Crippen LogP contribution in [0.5, 0.6) is 5.88 Å². The van der Waals surface area contributed by atoms with E-state index in [0.29, 0.717) is 23.0 Å². The van der Waals surface area contributed by atoms with Crippen molar-refractivity contribution in [2.45, 2.75) is 45.6 Å². The zero-order valence-electron chi connectivity index (χ0n) is 13.6. The van der Waals surface area contributed by atoms with Crippen molar-refractivity contribution >= 4 is 29.1 Å². The Labute approximate surface area is 137 Å². The number of hydrogen-bond donors (Lipinski definition) is 2. The maximum atomic E-state index is 5.30. The zero-order valence-corrected chi connectivity index (χ0v) is 14.4. The molecule has 7 heteroatoms. The van der Waals surface area contributed by atoms with Crippen LogP contribution < -0.4 is 20.3 Å². The van der Waals surface area contributed by atoms with Gasteiger partial charge in [0.1, 0.15) is 5.82 Å². The minimum Gasteiger partial charge on any atom is -0.481 e. The molecule has 2 rings (SSSR count). The molecular formula is C15H25N5OS. The molecule has 22 heavy (non-hydrogen) atoms. The van der Waals surface area contributed by atoms with E-state index in [1.54, 1.807) is 7.11 Å². The molecule has 0 aliphatic carbocycles. The van der Waals surface area contributed by atoms with Crippen LogP contribution in [0.4, 0.5) is 11.8 Å². The summed E-state index contributed by atoms with van der Waals surface area (Å²) in [5, 5.41) is 6.68. The smallest absolute Gasteiger partial charge is 0.234 e. The standard InChI is InChI=1S/C15H25N5OS/c1-4-8-16-15(22)19-14-17-12(10-13(18-14)21-3)20-9-6-5-7-11(20)2/h10-11H,4-9H2,1-3H3,(H2,16,17,18,19,22). The summed E-state index contributed by atoms with van der Waals surface area (Å²) >= 11 is 5.25. The SMILES string of the molecule is CCCNC(=S)Nc1nc(OC)cc(N2CCCCC2C)n1. The minimum atomic E-state index is 0.473. The maximum Gasteiger partial charge on any atom is 0.234 e. The van der Waals surface area contributed by atoms with Crippen molar-refractivity contribution < 1.29 is 4.74 Å². The lowest BCUT2D eigenvalue weighted by Crippen LogP contribution is -2.38. The van der Waals surface area contributed by atoms with E-state index in [1.165, 1.54) is 19.3 Å². The van der Waals surface area contributed by atoms with Crippen molar-refractivity contribution in [3.05, 3.63) is 6.07 Å². The van der Waals surface area contributed by atoms with E-state index >= 15 is 0 Å². The predicted molar refractivity (Wildman–Crippen MR) is 93.8 cm³/mol. The van der Waals surface area contributed by atoms with Gasteiger partial charge in [0.05, 0.1) is 7.11 Å². The van der Waals surface area contributed by atoms with Gasteiger partial charge >= 0.3 is 0 Å². The highest BCUT2D eigenvalue weighted by atomic mass is 32.1. The molecule has 1 aliphatic heterocycles. The van der Waals surface area contributed by atoms with E-state index in [4.69, 9.17) is 17.0 Å². The molecule has 6 nitrogen and oxygen atoms in total. The number of nitrogens with zero attached hydrogens (tertiary/aromatic N) is 3. The molecule has 0 amide bonds. The Hall–Kier alpha value is -1.63. The molecule has 1 fully saturated rings. The van der Waals surface area contributed by atoms with Crippen molar-refractivity contribution in [3.63, 3.8) is 0 Å². The first-order valence-electron chi connectivity index (χ1n) is 7.88. The third kappa shape index (κ3) is 4.43. The molecule has 1 saturated heterocycles. The van der Waals surface area contributed by atoms with Crippen molar-refractivity contribution in [3.8, 4) is 5.88 Å². The van der Waals surface area contributed by atoms with Gasteiger partial charge in [0.15, 0.2) is 5.11 Å². The first-order chi connectivity index (χ1) is 10.6. The van der Waals surface area contributed by atoms with Gasteiger partial charge in [-0.2, -0.15) is 9.97 Å². The van der Waals surface area contributed by atoms with Crippen LogP contribution in [0.25, 0.3) is 0 Å². The third-order valence-electron chi connectivity index (χ3n) is 3.76. The van der Waals surface area contributed by atoms with Crippen LogP contribution in [-0.4, -0.2) is 41.3 Å². The second kappa shape index (κ2) is 8.12. The quantitative estimate of drug-likeness (QED) is 0.807. The summed E-state index contributed by atoms with van der Waals surface area (Å²) < 4.78 is 5.30. The summed E-state index contributed by atoms with van der Waals surface area (Å²) in [7, 11) is 1.61. The lowest BCUT2D eigenvalue weighted by molar-refractivity contribution is 0.396. The largest absolute Gasteiger partial charge is 0.481 e. The number of rotatable bonds is 5. The highest BCUT2D eigenvalue weighted by Gasteiger charge is 2.21. The van der Waals surface area contributed by atoms with Crippen LogP contribution in [0.2, 0.25) is 0 Å². The van der Waals surface area contributed by atoms with Crippen molar-refractivity contribution in [1.29, 1.82) is 0 Å². The number of hydrogen-bond acceptors (Lipinski definition) is 5. The van der Waals surface area contributed by atoms with Crippen LogP contribution in [0, 0.1) is 0 Å². The molecule has 0 bridgehead atoms. The number of anilines is 2. The van der Waals surface area contributed by atoms with E-state index in [-0.39, 0.29) is 0 Å². The van der Waals surface area contributed by atoms with Gasteiger partial charge in [-0.15, -0.1) is 0 Å². The summed E-state index contributed by atoms with van der Waals surface area (Å²) in [6, 6.07) is 2.36. The Bertz CT molecular complexity index is 511. The highest BCUT2D eigenvalue weighted by molar-refractivity contribution is 7.80. The molecule has 122 valence electrons. The molecule has 1 unspecified atom stereocenters. The monoisotopic (exact) mass is 323 g/mol. The molecule has 2 N–H and O–H groups in total. The fourth-order valence-electron chi connectivity index (χ4n) is 2.54.